The molecule has 1 amide bonds. The number of piperidine rings is 1. The van der Waals surface area contributed by atoms with E-state index in [4.69, 9.17) is 21.6 Å². The van der Waals surface area contributed by atoms with Crippen LogP contribution in [-0.4, -0.2) is 52.8 Å². The van der Waals surface area contributed by atoms with E-state index < -0.39 is 0 Å². The van der Waals surface area contributed by atoms with Crippen LogP contribution < -0.4 is 15.0 Å². The Morgan fingerprint density at radius 3 is 2.48 bits per heavy atom. The van der Waals surface area contributed by atoms with Crippen molar-refractivity contribution in [1.29, 1.82) is 5.26 Å². The maximum atomic E-state index is 12.6. The van der Waals surface area contributed by atoms with E-state index in [1.54, 1.807) is 30.6 Å². The Balaban J connectivity index is 1.24. The lowest BCUT2D eigenvalue weighted by molar-refractivity contribution is 0.0883. The molecule has 4 rings (SSSR count). The number of nitrogens with zero attached hydrogens (tertiary/aromatic N) is 4. The highest BCUT2D eigenvalue weighted by atomic mass is 35.5. The van der Waals surface area contributed by atoms with E-state index in [0.717, 1.165) is 57.3 Å². The first-order valence-corrected chi connectivity index (χ1v) is 11.8. The first-order chi connectivity index (χ1) is 16.1. The monoisotopic (exact) mass is 469 g/mol. The van der Waals surface area contributed by atoms with E-state index in [-0.39, 0.29) is 30.5 Å². The summed E-state index contributed by atoms with van der Waals surface area (Å²) in [7, 11) is 0. The van der Waals surface area contributed by atoms with Gasteiger partial charge in [0.1, 0.15) is 11.8 Å². The van der Waals surface area contributed by atoms with Gasteiger partial charge in [-0.3, -0.25) is 4.79 Å². The summed E-state index contributed by atoms with van der Waals surface area (Å²) in [6, 6.07) is 7.18. The van der Waals surface area contributed by atoms with Crippen LogP contribution >= 0.6 is 11.6 Å². The Labute approximate surface area is 198 Å². The van der Waals surface area contributed by atoms with E-state index in [1.807, 2.05) is 6.07 Å². The fourth-order valence-electron chi connectivity index (χ4n) is 4.40. The minimum absolute atomic E-state index is 0.0488. The third kappa shape index (κ3) is 5.92. The van der Waals surface area contributed by atoms with Crippen LogP contribution in [0.5, 0.6) is 5.75 Å². The van der Waals surface area contributed by atoms with Crippen molar-refractivity contribution in [2.75, 3.05) is 24.6 Å². The summed E-state index contributed by atoms with van der Waals surface area (Å²) in [6.45, 7) is 1.96. The summed E-state index contributed by atoms with van der Waals surface area (Å²) in [5, 5.41) is 21.7. The smallest absolute Gasteiger partial charge is 0.289 e. The van der Waals surface area contributed by atoms with Crippen LogP contribution in [0.4, 0.5) is 5.69 Å². The number of nitrogens with one attached hydrogen (secondary N) is 1. The number of aliphatic hydroxyl groups excluding tert-OH is 1. The van der Waals surface area contributed by atoms with E-state index >= 15 is 0 Å². The molecule has 0 atom stereocenters. The van der Waals surface area contributed by atoms with Crippen molar-refractivity contribution >= 4 is 23.2 Å². The van der Waals surface area contributed by atoms with Gasteiger partial charge in [0.05, 0.1) is 34.8 Å². The molecule has 1 saturated heterocycles. The largest absolute Gasteiger partial charge is 0.490 e. The average Bonchev–Trinajstić information content (AvgIpc) is 2.85. The molecule has 9 heteroatoms. The zero-order valence-electron chi connectivity index (χ0n) is 18.4. The number of aliphatic hydroxyl groups is 1. The molecule has 2 aliphatic rings. The molecule has 2 fully saturated rings. The van der Waals surface area contributed by atoms with Crippen LogP contribution in [0.1, 0.15) is 54.7 Å². The lowest BCUT2D eigenvalue weighted by Gasteiger charge is -2.32. The number of benzene rings is 1. The van der Waals surface area contributed by atoms with E-state index in [1.165, 1.54) is 0 Å². The van der Waals surface area contributed by atoms with Crippen LogP contribution in [0.25, 0.3) is 0 Å². The molecule has 174 valence electrons. The Morgan fingerprint density at radius 2 is 1.88 bits per heavy atom. The highest BCUT2D eigenvalue weighted by Gasteiger charge is 2.25. The van der Waals surface area contributed by atoms with Gasteiger partial charge >= 0.3 is 0 Å². The summed E-state index contributed by atoms with van der Waals surface area (Å²) >= 11 is 6.08. The molecule has 1 aliphatic carbocycles. The molecule has 1 aliphatic heterocycles. The predicted molar refractivity (Wildman–Crippen MR) is 124 cm³/mol. The maximum Gasteiger partial charge on any atom is 0.289 e. The zero-order valence-corrected chi connectivity index (χ0v) is 19.2. The van der Waals surface area contributed by atoms with Crippen molar-refractivity contribution in [2.24, 2.45) is 5.92 Å². The molecule has 0 spiro atoms. The third-order valence-electron chi connectivity index (χ3n) is 6.45. The van der Waals surface area contributed by atoms with Crippen LogP contribution in [0.2, 0.25) is 5.02 Å². The molecule has 2 N–H and O–H groups in total. The Morgan fingerprint density at radius 1 is 1.18 bits per heavy atom. The normalized spacial score (nSPS) is 21.3. The van der Waals surface area contributed by atoms with Crippen LogP contribution in [0.15, 0.2) is 30.6 Å². The van der Waals surface area contributed by atoms with Crippen molar-refractivity contribution in [3.8, 4) is 11.8 Å². The minimum atomic E-state index is -0.260. The first-order valence-electron chi connectivity index (χ1n) is 11.4. The number of amides is 1. The van der Waals surface area contributed by atoms with Gasteiger partial charge in [-0.05, 0) is 56.6 Å². The SMILES string of the molecule is N#Cc1ccc(OC2CCC(NC(=O)c3ncc(N4CCC(CO)CC4)cn3)CC2)cc1Cl. The number of nitriles is 1. The van der Waals surface area contributed by atoms with Crippen molar-refractivity contribution < 1.29 is 14.6 Å². The van der Waals surface area contributed by atoms with Gasteiger partial charge in [0.15, 0.2) is 0 Å². The van der Waals surface area contributed by atoms with E-state index in [9.17, 15) is 9.90 Å². The van der Waals surface area contributed by atoms with Gasteiger partial charge in [0.2, 0.25) is 5.82 Å². The summed E-state index contributed by atoms with van der Waals surface area (Å²) < 4.78 is 6.01. The second-order valence-electron chi connectivity index (χ2n) is 8.70. The van der Waals surface area contributed by atoms with Crippen molar-refractivity contribution in [2.45, 2.75) is 50.7 Å². The van der Waals surface area contributed by atoms with Gasteiger partial charge in [-0.2, -0.15) is 5.26 Å². The van der Waals surface area contributed by atoms with Gasteiger partial charge < -0.3 is 20.1 Å². The molecule has 0 bridgehead atoms. The van der Waals surface area contributed by atoms with Crippen LogP contribution in [0, 0.1) is 17.2 Å². The molecular weight excluding hydrogens is 442 g/mol. The third-order valence-corrected chi connectivity index (χ3v) is 6.77. The van der Waals surface area contributed by atoms with E-state index in [0.29, 0.717) is 22.3 Å². The molecule has 0 radical (unpaired) electrons. The fourth-order valence-corrected chi connectivity index (χ4v) is 4.62. The van der Waals surface area contributed by atoms with Crippen molar-refractivity contribution in [3.63, 3.8) is 0 Å². The second kappa shape index (κ2) is 10.8. The number of anilines is 1. The maximum absolute atomic E-state index is 12.6. The Kier molecular flexibility index (Phi) is 7.63. The molecule has 2 aromatic rings. The molecule has 1 saturated carbocycles. The number of halogens is 1. The molecule has 8 nitrogen and oxygen atoms in total. The molecule has 2 heterocycles. The van der Waals surface area contributed by atoms with Gasteiger partial charge in [-0.1, -0.05) is 11.6 Å². The number of hydrogen-bond donors (Lipinski definition) is 2. The van der Waals surface area contributed by atoms with Crippen LogP contribution in [-0.2, 0) is 0 Å². The molecule has 1 aromatic heterocycles. The zero-order chi connectivity index (χ0) is 23.2. The summed E-state index contributed by atoms with van der Waals surface area (Å²) in [5.74, 6) is 0.938. The predicted octanol–water partition coefficient (Wildman–Crippen LogP) is 3.33. The average molecular weight is 470 g/mol. The quantitative estimate of drug-likeness (QED) is 0.667. The summed E-state index contributed by atoms with van der Waals surface area (Å²) in [6.07, 6.45) is 8.58. The number of rotatable bonds is 6. The standard InChI is InChI=1S/C24H28ClN5O3/c25-22-11-21(4-1-17(22)12-26)33-20-5-2-18(3-6-20)29-24(32)23-27-13-19(14-28-23)30-9-7-16(15-31)8-10-30/h1,4,11,13-14,16,18,20,31H,2-3,5-10,15H2,(H,29,32). The number of hydrogen-bond acceptors (Lipinski definition) is 7. The minimum Gasteiger partial charge on any atom is -0.490 e. The van der Waals surface area contributed by atoms with Gasteiger partial charge in [0.25, 0.3) is 5.91 Å². The van der Waals surface area contributed by atoms with Gasteiger partial charge in [-0.25, -0.2) is 9.97 Å². The Bertz CT molecular complexity index is 994. The molecule has 1 aromatic carbocycles. The number of aromatic nitrogens is 2. The first kappa shape index (κ1) is 23.3. The van der Waals surface area contributed by atoms with Gasteiger partial charge in [-0.15, -0.1) is 0 Å². The van der Waals surface area contributed by atoms with Gasteiger partial charge in [0, 0.05) is 31.8 Å². The fraction of sp³-hybridized carbons (Fsp3) is 0.500. The van der Waals surface area contributed by atoms with Crippen LogP contribution in [0.3, 0.4) is 0 Å². The lowest BCUT2D eigenvalue weighted by atomic mass is 9.93. The number of carbonyl (C=O) groups excluding carboxylic acids is 1. The Hall–Kier alpha value is -2.89. The van der Waals surface area contributed by atoms with Crippen molar-refractivity contribution in [1.82, 2.24) is 15.3 Å². The highest BCUT2D eigenvalue weighted by molar-refractivity contribution is 6.31. The number of ether oxygens (including phenoxy) is 1. The highest BCUT2D eigenvalue weighted by Crippen LogP contribution is 2.27. The lowest BCUT2D eigenvalue weighted by Crippen LogP contribution is -2.40. The van der Waals surface area contributed by atoms with Crippen molar-refractivity contribution in [3.05, 3.63) is 47.0 Å². The van der Waals surface area contributed by atoms with E-state index in [2.05, 4.69) is 20.2 Å². The summed E-state index contributed by atoms with van der Waals surface area (Å²) in [5.41, 5.74) is 1.33. The second-order valence-corrected chi connectivity index (χ2v) is 9.10. The number of carbonyl (C=O) groups is 1. The molecular formula is C24H28ClN5O3. The topological polar surface area (TPSA) is 111 Å². The molecule has 33 heavy (non-hydrogen) atoms. The summed E-state index contributed by atoms with van der Waals surface area (Å²) in [4.78, 5) is 23.3. The molecule has 0 unspecified atom stereocenters.